The molecule has 2 aromatic rings. The van der Waals surface area contributed by atoms with Gasteiger partial charge in [-0.05, 0) is 24.6 Å². The SMILES string of the molecule is Cc1csc(C(C#N)=Cc2ccccc2Cl)n1. The number of nitrogens with zero attached hydrogens (tertiary/aromatic N) is 2. The molecule has 0 unspecified atom stereocenters. The van der Waals surface area contributed by atoms with Gasteiger partial charge in [0, 0.05) is 16.1 Å². The van der Waals surface area contributed by atoms with Crippen LogP contribution in [0.2, 0.25) is 5.02 Å². The van der Waals surface area contributed by atoms with Crippen molar-refractivity contribution in [3.05, 3.63) is 50.9 Å². The number of rotatable bonds is 2. The van der Waals surface area contributed by atoms with Crippen LogP contribution in [0.3, 0.4) is 0 Å². The standard InChI is InChI=1S/C13H9ClN2S/c1-9-8-17-13(16-9)11(7-15)6-10-4-2-3-5-12(10)14/h2-6,8H,1H3. The van der Waals surface area contributed by atoms with Crippen LogP contribution in [0, 0.1) is 18.3 Å². The van der Waals surface area contributed by atoms with Crippen LogP contribution in [-0.4, -0.2) is 4.98 Å². The van der Waals surface area contributed by atoms with E-state index in [0.29, 0.717) is 10.6 Å². The molecule has 1 heterocycles. The first-order valence-corrected chi connectivity index (χ1v) is 6.25. The van der Waals surface area contributed by atoms with Gasteiger partial charge < -0.3 is 0 Å². The Balaban J connectivity index is 2.44. The summed E-state index contributed by atoms with van der Waals surface area (Å²) >= 11 is 7.51. The average molecular weight is 261 g/mol. The number of benzene rings is 1. The predicted octanol–water partition coefficient (Wildman–Crippen LogP) is 4.17. The second-order valence-corrected chi connectivity index (χ2v) is 4.75. The van der Waals surface area contributed by atoms with E-state index in [1.54, 1.807) is 12.1 Å². The van der Waals surface area contributed by atoms with Gasteiger partial charge in [0.25, 0.3) is 0 Å². The molecular formula is C13H9ClN2S. The molecule has 0 aliphatic rings. The van der Waals surface area contributed by atoms with E-state index in [1.165, 1.54) is 11.3 Å². The Kier molecular flexibility index (Phi) is 3.58. The Morgan fingerprint density at radius 1 is 1.47 bits per heavy atom. The van der Waals surface area contributed by atoms with Crippen molar-refractivity contribution in [1.29, 1.82) is 5.26 Å². The first-order chi connectivity index (χ1) is 8.20. The van der Waals surface area contributed by atoms with Crippen molar-refractivity contribution in [3.8, 4) is 6.07 Å². The van der Waals surface area contributed by atoms with Gasteiger partial charge in [-0.3, -0.25) is 0 Å². The second-order valence-electron chi connectivity index (χ2n) is 3.49. The average Bonchev–Trinajstić information content (AvgIpc) is 2.75. The Labute approximate surface area is 109 Å². The van der Waals surface area contributed by atoms with Gasteiger partial charge in [-0.15, -0.1) is 11.3 Å². The summed E-state index contributed by atoms with van der Waals surface area (Å²) in [4.78, 5) is 4.29. The number of allylic oxidation sites excluding steroid dienone is 1. The molecule has 0 saturated heterocycles. The Hall–Kier alpha value is -1.63. The first kappa shape index (κ1) is 11.8. The first-order valence-electron chi connectivity index (χ1n) is 4.99. The molecule has 2 nitrogen and oxygen atoms in total. The fourth-order valence-corrected chi connectivity index (χ4v) is 2.32. The van der Waals surface area contributed by atoms with Crippen LogP contribution in [0.1, 0.15) is 16.3 Å². The van der Waals surface area contributed by atoms with Crippen molar-refractivity contribution in [2.24, 2.45) is 0 Å². The van der Waals surface area contributed by atoms with E-state index < -0.39 is 0 Å². The molecular weight excluding hydrogens is 252 g/mol. The Morgan fingerprint density at radius 2 is 2.24 bits per heavy atom. The Bertz CT molecular complexity index is 608. The molecule has 17 heavy (non-hydrogen) atoms. The third-order valence-corrected chi connectivity index (χ3v) is 3.51. The van der Waals surface area contributed by atoms with Gasteiger partial charge in [-0.25, -0.2) is 4.98 Å². The van der Waals surface area contributed by atoms with Crippen molar-refractivity contribution < 1.29 is 0 Å². The number of hydrogen-bond acceptors (Lipinski definition) is 3. The maximum atomic E-state index is 9.15. The molecule has 0 spiro atoms. The van der Waals surface area contributed by atoms with Gasteiger partial charge in [-0.2, -0.15) is 5.26 Å². The van der Waals surface area contributed by atoms with Crippen LogP contribution in [0.5, 0.6) is 0 Å². The zero-order chi connectivity index (χ0) is 12.3. The molecule has 1 aromatic carbocycles. The third kappa shape index (κ3) is 2.73. The van der Waals surface area contributed by atoms with E-state index in [0.717, 1.165) is 16.3 Å². The number of halogens is 1. The number of hydrogen-bond donors (Lipinski definition) is 0. The summed E-state index contributed by atoms with van der Waals surface area (Å²) in [5, 5.41) is 12.4. The number of thiazole rings is 1. The molecule has 0 saturated carbocycles. The summed E-state index contributed by atoms with van der Waals surface area (Å²) in [6.07, 6.45) is 1.76. The molecule has 0 atom stereocenters. The topological polar surface area (TPSA) is 36.7 Å². The number of nitriles is 1. The van der Waals surface area contributed by atoms with Crippen molar-refractivity contribution in [2.45, 2.75) is 6.92 Å². The van der Waals surface area contributed by atoms with Gasteiger partial charge in [0.05, 0.1) is 5.57 Å². The van der Waals surface area contributed by atoms with Gasteiger partial charge in [-0.1, -0.05) is 29.8 Å². The van der Waals surface area contributed by atoms with E-state index in [4.69, 9.17) is 16.9 Å². The monoisotopic (exact) mass is 260 g/mol. The number of aryl methyl sites for hydroxylation is 1. The van der Waals surface area contributed by atoms with Gasteiger partial charge in [0.2, 0.25) is 0 Å². The second kappa shape index (κ2) is 5.13. The lowest BCUT2D eigenvalue weighted by Gasteiger charge is -1.98. The molecule has 84 valence electrons. The molecule has 0 amide bonds. The molecule has 0 aliphatic heterocycles. The lowest BCUT2D eigenvalue weighted by atomic mass is 10.1. The summed E-state index contributed by atoms with van der Waals surface area (Å²) in [6, 6.07) is 9.58. The largest absolute Gasteiger partial charge is 0.241 e. The smallest absolute Gasteiger partial charge is 0.134 e. The fourth-order valence-electron chi connectivity index (χ4n) is 1.37. The maximum Gasteiger partial charge on any atom is 0.134 e. The van der Waals surface area contributed by atoms with E-state index in [9.17, 15) is 0 Å². The van der Waals surface area contributed by atoms with Crippen molar-refractivity contribution in [2.75, 3.05) is 0 Å². The van der Waals surface area contributed by atoms with Crippen LogP contribution in [0.15, 0.2) is 29.6 Å². The summed E-state index contributed by atoms with van der Waals surface area (Å²) in [5.74, 6) is 0. The molecule has 0 fully saturated rings. The van der Waals surface area contributed by atoms with Crippen molar-refractivity contribution in [3.63, 3.8) is 0 Å². The highest BCUT2D eigenvalue weighted by molar-refractivity contribution is 7.11. The minimum atomic E-state index is 0.538. The van der Waals surface area contributed by atoms with E-state index in [2.05, 4.69) is 11.1 Å². The molecule has 1 aromatic heterocycles. The van der Waals surface area contributed by atoms with Crippen molar-refractivity contribution >= 4 is 34.6 Å². The minimum Gasteiger partial charge on any atom is -0.241 e. The van der Waals surface area contributed by atoms with Gasteiger partial charge in [0.1, 0.15) is 11.1 Å². The van der Waals surface area contributed by atoms with E-state index >= 15 is 0 Å². The fraction of sp³-hybridized carbons (Fsp3) is 0.0769. The van der Waals surface area contributed by atoms with Gasteiger partial charge >= 0.3 is 0 Å². The highest BCUT2D eigenvalue weighted by atomic mass is 35.5. The molecule has 0 radical (unpaired) electrons. The quantitative estimate of drug-likeness (QED) is 0.760. The molecule has 4 heteroatoms. The van der Waals surface area contributed by atoms with Crippen LogP contribution >= 0.6 is 22.9 Å². The normalized spacial score (nSPS) is 11.2. The van der Waals surface area contributed by atoms with Crippen LogP contribution in [0.4, 0.5) is 0 Å². The summed E-state index contributed by atoms with van der Waals surface area (Å²) in [6.45, 7) is 1.91. The zero-order valence-corrected chi connectivity index (χ0v) is 10.7. The van der Waals surface area contributed by atoms with Gasteiger partial charge in [0.15, 0.2) is 0 Å². The molecule has 2 rings (SSSR count). The highest BCUT2D eigenvalue weighted by Gasteiger charge is 2.06. The van der Waals surface area contributed by atoms with E-state index in [-0.39, 0.29) is 0 Å². The molecule has 0 aliphatic carbocycles. The van der Waals surface area contributed by atoms with Crippen LogP contribution < -0.4 is 0 Å². The van der Waals surface area contributed by atoms with Crippen LogP contribution in [0.25, 0.3) is 11.6 Å². The lowest BCUT2D eigenvalue weighted by molar-refractivity contribution is 1.25. The minimum absolute atomic E-state index is 0.538. The Morgan fingerprint density at radius 3 is 2.82 bits per heavy atom. The summed E-state index contributed by atoms with van der Waals surface area (Å²) < 4.78 is 0. The third-order valence-electron chi connectivity index (χ3n) is 2.17. The summed E-state index contributed by atoms with van der Waals surface area (Å²) in [5.41, 5.74) is 2.29. The van der Waals surface area contributed by atoms with Crippen LogP contribution in [-0.2, 0) is 0 Å². The predicted molar refractivity (Wildman–Crippen MR) is 71.8 cm³/mol. The van der Waals surface area contributed by atoms with Crippen molar-refractivity contribution in [1.82, 2.24) is 4.98 Å². The lowest BCUT2D eigenvalue weighted by Crippen LogP contribution is -1.82. The zero-order valence-electron chi connectivity index (χ0n) is 9.14. The highest BCUT2D eigenvalue weighted by Crippen LogP contribution is 2.24. The number of aromatic nitrogens is 1. The maximum absolute atomic E-state index is 9.15. The summed E-state index contributed by atoms with van der Waals surface area (Å²) in [7, 11) is 0. The molecule has 0 N–H and O–H groups in total. The van der Waals surface area contributed by atoms with E-state index in [1.807, 2.05) is 30.5 Å². The molecule has 0 bridgehead atoms.